The minimum absolute atomic E-state index is 0. The van der Waals surface area contributed by atoms with Gasteiger partial charge in [-0.3, -0.25) is 11.6 Å². The Kier molecular flexibility index (Phi) is 9.00. The van der Waals surface area contributed by atoms with Crippen LogP contribution in [0.1, 0.15) is 19.4 Å². The maximum Gasteiger partial charge on any atom is 3.00 e. The minimum Gasteiger partial charge on any atom is -0.296 e. The summed E-state index contributed by atoms with van der Waals surface area (Å²) in [5.41, 5.74) is 8.44. The normalized spacial score (nSPS) is 10.6. The largest absolute Gasteiger partial charge is 3.00 e. The zero-order valence-electron chi connectivity index (χ0n) is 18.1. The van der Waals surface area contributed by atoms with Crippen LogP contribution in [-0.2, 0) is 20.1 Å². The fourth-order valence-corrected chi connectivity index (χ4v) is 3.30. The fourth-order valence-electron chi connectivity index (χ4n) is 3.30. The van der Waals surface area contributed by atoms with Crippen LogP contribution in [0.2, 0.25) is 0 Å². The monoisotopic (exact) mass is 581 g/mol. The minimum atomic E-state index is 0. The van der Waals surface area contributed by atoms with Crippen molar-refractivity contribution in [1.29, 1.82) is 0 Å². The number of benzene rings is 3. The zero-order chi connectivity index (χ0) is 21.5. The van der Waals surface area contributed by atoms with Gasteiger partial charge in [-0.05, 0) is 29.6 Å². The van der Waals surface area contributed by atoms with Crippen molar-refractivity contribution in [3.05, 3.63) is 121 Å². The second kappa shape index (κ2) is 11.5. The van der Waals surface area contributed by atoms with Crippen LogP contribution >= 0.6 is 0 Å². The van der Waals surface area contributed by atoms with Crippen molar-refractivity contribution < 1.29 is 20.1 Å². The molecule has 4 aromatic rings. The Morgan fingerprint density at radius 2 is 1.61 bits per heavy atom. The van der Waals surface area contributed by atoms with Gasteiger partial charge >= 0.3 is 20.1 Å². The molecule has 0 aliphatic carbocycles. The van der Waals surface area contributed by atoms with Crippen molar-refractivity contribution in [2.24, 2.45) is 0 Å². The van der Waals surface area contributed by atoms with Crippen molar-refractivity contribution in [2.75, 3.05) is 0 Å². The molecule has 0 aliphatic rings. The third kappa shape index (κ3) is 6.79. The van der Waals surface area contributed by atoms with E-state index >= 15 is 0 Å². The Hall–Kier alpha value is -2.93. The summed E-state index contributed by atoms with van der Waals surface area (Å²) in [6.07, 6.45) is 1.83. The Bertz CT molecular complexity index is 1190. The van der Waals surface area contributed by atoms with Gasteiger partial charge in [-0.2, -0.15) is 0 Å². The quantitative estimate of drug-likeness (QED) is 0.178. The van der Waals surface area contributed by atoms with Crippen LogP contribution in [0.15, 0.2) is 96.1 Å². The van der Waals surface area contributed by atoms with Crippen molar-refractivity contribution in [3.63, 3.8) is 0 Å². The molecule has 0 N–H and O–H groups in total. The van der Waals surface area contributed by atoms with Gasteiger partial charge in [0.2, 0.25) is 0 Å². The predicted molar refractivity (Wildman–Crippen MR) is 129 cm³/mol. The molecule has 156 valence electrons. The average molecular weight is 581 g/mol. The van der Waals surface area contributed by atoms with Gasteiger partial charge in [0, 0.05) is 0 Å². The second-order valence-corrected chi connectivity index (χ2v) is 7.44. The van der Waals surface area contributed by atoms with Crippen LogP contribution in [0.25, 0.3) is 33.3 Å². The number of aryl methyl sites for hydroxylation is 1. The first-order chi connectivity index (χ1) is 14.4. The molecule has 0 saturated heterocycles. The molecular weight excluding hydrogens is 555 g/mol. The molecular formula is C29H26IrN. The summed E-state index contributed by atoms with van der Waals surface area (Å²) < 4.78 is 0. The van der Waals surface area contributed by atoms with Crippen molar-refractivity contribution in [2.45, 2.75) is 20.8 Å². The van der Waals surface area contributed by atoms with Gasteiger partial charge in [0.25, 0.3) is 0 Å². The van der Waals surface area contributed by atoms with Crippen LogP contribution in [-0.4, -0.2) is 4.98 Å². The Morgan fingerprint density at radius 1 is 0.935 bits per heavy atom. The summed E-state index contributed by atoms with van der Waals surface area (Å²) in [5, 5.41) is 1.17. The second-order valence-electron chi connectivity index (χ2n) is 7.44. The maximum absolute atomic E-state index is 5.29. The van der Waals surface area contributed by atoms with E-state index < -0.39 is 0 Å². The Morgan fingerprint density at radius 3 is 2.26 bits per heavy atom. The molecule has 0 atom stereocenters. The molecule has 0 radical (unpaired) electrons. The van der Waals surface area contributed by atoms with Crippen molar-refractivity contribution in [1.82, 2.24) is 4.98 Å². The topological polar surface area (TPSA) is 12.9 Å². The van der Waals surface area contributed by atoms with Gasteiger partial charge in [0.1, 0.15) is 0 Å². The summed E-state index contributed by atoms with van der Waals surface area (Å²) in [7, 11) is 0. The molecule has 4 rings (SSSR count). The van der Waals surface area contributed by atoms with E-state index in [2.05, 4.69) is 74.5 Å². The number of para-hydroxylation sites is 1. The number of allylic oxidation sites excluding steroid dienone is 3. The van der Waals surface area contributed by atoms with E-state index in [0.717, 1.165) is 27.9 Å². The van der Waals surface area contributed by atoms with Crippen LogP contribution in [0.5, 0.6) is 0 Å². The fraction of sp³-hybridized carbons (Fsp3) is 0.103. The van der Waals surface area contributed by atoms with Crippen LogP contribution in [0.3, 0.4) is 0 Å². The predicted octanol–water partition coefficient (Wildman–Crippen LogP) is 7.82. The molecule has 3 aromatic carbocycles. The van der Waals surface area contributed by atoms with Gasteiger partial charge < -0.3 is 0 Å². The van der Waals surface area contributed by atoms with Gasteiger partial charge in [0.05, 0.1) is 5.52 Å². The molecule has 0 bridgehead atoms. The Balaban J connectivity index is 0.000000373. The summed E-state index contributed by atoms with van der Waals surface area (Å²) in [6, 6.07) is 30.4. The van der Waals surface area contributed by atoms with E-state index in [4.69, 9.17) is 11.6 Å². The smallest absolute Gasteiger partial charge is 0.296 e. The third-order valence-electron chi connectivity index (χ3n) is 4.55. The summed E-state index contributed by atoms with van der Waals surface area (Å²) in [4.78, 5) is 4.85. The average Bonchev–Trinajstić information content (AvgIpc) is 2.73. The standard InChI is InChI=1S/C22H16N.C7H10.Ir/c1-16-14-19-10-5-6-13-21(19)23-22(16)20-12-7-11-18(15-20)17-8-3-2-4-9-17;1-6(2)5-7(3)4;/h2-11,13-15H,1H3;1,5H,3H2,2,4H3;/q-1;-2;+3/b;7-5+;. The molecule has 0 amide bonds. The maximum atomic E-state index is 5.29. The van der Waals surface area contributed by atoms with E-state index in [9.17, 15) is 0 Å². The first-order valence-electron chi connectivity index (χ1n) is 9.97. The van der Waals surface area contributed by atoms with Gasteiger partial charge in [-0.1, -0.05) is 74.0 Å². The SMILES string of the molecule is Cc1cc2ccccc2nc1-c1[c-]ccc(-c2ccccc2)c1.[CH-]=C(C)/C=C(\[CH2-])C.[Ir+3]. The number of fused-ring (bicyclic) bond motifs is 1. The van der Waals surface area contributed by atoms with Crippen molar-refractivity contribution in [3.8, 4) is 22.4 Å². The van der Waals surface area contributed by atoms with Crippen LogP contribution in [0, 0.1) is 26.5 Å². The number of nitrogens with zero attached hydrogens (tertiary/aromatic N) is 1. The summed E-state index contributed by atoms with van der Waals surface area (Å²) in [5.74, 6) is 0. The molecule has 0 spiro atoms. The van der Waals surface area contributed by atoms with Crippen LogP contribution in [0.4, 0.5) is 0 Å². The molecule has 1 aromatic heterocycles. The summed E-state index contributed by atoms with van der Waals surface area (Å²) in [6.45, 7) is 14.8. The zero-order valence-corrected chi connectivity index (χ0v) is 20.5. The Labute approximate surface area is 199 Å². The van der Waals surface area contributed by atoms with Gasteiger partial charge in [0.15, 0.2) is 0 Å². The number of rotatable bonds is 3. The van der Waals surface area contributed by atoms with E-state index in [0.29, 0.717) is 0 Å². The molecule has 0 saturated carbocycles. The molecule has 0 aliphatic heterocycles. The van der Waals surface area contributed by atoms with E-state index in [-0.39, 0.29) is 20.1 Å². The van der Waals surface area contributed by atoms with E-state index in [1.54, 1.807) is 0 Å². The number of aromatic nitrogens is 1. The molecule has 0 unspecified atom stereocenters. The third-order valence-corrected chi connectivity index (χ3v) is 4.55. The molecule has 0 fully saturated rings. The number of hydrogen-bond donors (Lipinski definition) is 0. The van der Waals surface area contributed by atoms with Crippen molar-refractivity contribution >= 4 is 10.9 Å². The molecule has 1 heterocycles. The summed E-state index contributed by atoms with van der Waals surface area (Å²) >= 11 is 0. The van der Waals surface area contributed by atoms with E-state index in [1.165, 1.54) is 22.1 Å². The van der Waals surface area contributed by atoms with Gasteiger partial charge in [-0.15, -0.1) is 35.4 Å². The number of pyridine rings is 1. The molecule has 31 heavy (non-hydrogen) atoms. The van der Waals surface area contributed by atoms with Crippen LogP contribution < -0.4 is 0 Å². The number of hydrogen-bond acceptors (Lipinski definition) is 1. The van der Waals surface area contributed by atoms with Gasteiger partial charge in [-0.25, -0.2) is 24.1 Å². The molecule has 2 heteroatoms. The molecule has 1 nitrogen and oxygen atoms in total. The van der Waals surface area contributed by atoms with E-state index in [1.807, 2.05) is 44.2 Å². The first-order valence-corrected chi connectivity index (χ1v) is 9.97. The first kappa shape index (κ1) is 24.3.